The Morgan fingerprint density at radius 2 is 1.65 bits per heavy atom. The predicted molar refractivity (Wildman–Crippen MR) is 83.8 cm³/mol. The lowest BCUT2D eigenvalue weighted by atomic mass is 9.65. The maximum absolute atomic E-state index is 2.99. The highest BCUT2D eigenvalue weighted by molar-refractivity contribution is 5.05. The fourth-order valence-corrected chi connectivity index (χ4v) is 6.24. The van der Waals surface area contributed by atoms with Crippen molar-refractivity contribution in [2.24, 2.45) is 17.8 Å². The molecule has 4 aliphatic rings. The second kappa shape index (κ2) is 5.28. The van der Waals surface area contributed by atoms with Gasteiger partial charge in [-0.15, -0.1) is 0 Å². The van der Waals surface area contributed by atoms with Crippen LogP contribution in [0.15, 0.2) is 0 Å². The van der Waals surface area contributed by atoms with Gasteiger partial charge in [0.25, 0.3) is 0 Å². The molecule has 0 aliphatic carbocycles. The molecule has 0 saturated carbocycles. The fourth-order valence-electron chi connectivity index (χ4n) is 6.24. The highest BCUT2D eigenvalue weighted by Gasteiger charge is 2.51. The molecule has 20 heavy (non-hydrogen) atoms. The van der Waals surface area contributed by atoms with E-state index in [9.17, 15) is 0 Å². The van der Waals surface area contributed by atoms with Crippen LogP contribution >= 0.6 is 0 Å². The van der Waals surface area contributed by atoms with E-state index >= 15 is 0 Å². The van der Waals surface area contributed by atoms with Gasteiger partial charge in [0.2, 0.25) is 0 Å². The van der Waals surface area contributed by atoms with Crippen LogP contribution in [-0.2, 0) is 0 Å². The first-order valence-corrected chi connectivity index (χ1v) is 9.25. The van der Waals surface area contributed by atoms with E-state index in [0.29, 0.717) is 0 Å². The number of rotatable bonds is 1. The van der Waals surface area contributed by atoms with Crippen LogP contribution in [0.25, 0.3) is 0 Å². The van der Waals surface area contributed by atoms with Gasteiger partial charge >= 0.3 is 0 Å². The molecule has 0 aromatic rings. The smallest absolute Gasteiger partial charge is 0.0165 e. The van der Waals surface area contributed by atoms with Crippen LogP contribution in [0.3, 0.4) is 0 Å². The average Bonchev–Trinajstić information content (AvgIpc) is 2.47. The molecule has 0 aromatic carbocycles. The maximum Gasteiger partial charge on any atom is 0.0165 e. The van der Waals surface area contributed by atoms with Gasteiger partial charge in [0.05, 0.1) is 0 Å². The molecule has 0 N–H and O–H groups in total. The van der Waals surface area contributed by atoms with E-state index in [2.05, 4.69) is 23.6 Å². The van der Waals surface area contributed by atoms with E-state index in [-0.39, 0.29) is 0 Å². The molecule has 0 amide bonds. The van der Waals surface area contributed by atoms with Crippen molar-refractivity contribution < 1.29 is 0 Å². The third-order valence-corrected chi connectivity index (χ3v) is 6.84. The molecule has 5 atom stereocenters. The van der Waals surface area contributed by atoms with Crippen molar-refractivity contribution in [1.29, 1.82) is 0 Å². The molecule has 4 rings (SSSR count). The molecule has 4 heterocycles. The molecule has 4 saturated heterocycles. The minimum Gasteiger partial charge on any atom is -0.300 e. The number of piperidine rings is 4. The largest absolute Gasteiger partial charge is 0.300 e. The standard InChI is InChI=1S/C18H32N2/c1-13(2)18-15-11-14(16-7-4-6-10-20(16)18)12-19-9-5-3-8-17(15)19/h13-18H,3-12H2,1-2H3/t14-,15+,16-,17+,18+/m0/s1. The van der Waals surface area contributed by atoms with E-state index in [1.807, 2.05) is 0 Å². The van der Waals surface area contributed by atoms with Crippen LogP contribution in [0.4, 0.5) is 0 Å². The zero-order valence-electron chi connectivity index (χ0n) is 13.4. The number of nitrogens with zero attached hydrogens (tertiary/aromatic N) is 2. The third kappa shape index (κ3) is 2.06. The molecule has 2 bridgehead atoms. The fraction of sp³-hybridized carbons (Fsp3) is 1.00. The first kappa shape index (κ1) is 13.6. The molecule has 0 unspecified atom stereocenters. The molecule has 4 aliphatic heterocycles. The Balaban J connectivity index is 1.65. The van der Waals surface area contributed by atoms with Crippen LogP contribution in [0.5, 0.6) is 0 Å². The van der Waals surface area contributed by atoms with E-state index in [4.69, 9.17) is 0 Å². The van der Waals surface area contributed by atoms with Gasteiger partial charge in [0.1, 0.15) is 0 Å². The van der Waals surface area contributed by atoms with Gasteiger partial charge in [-0.3, -0.25) is 9.80 Å². The van der Waals surface area contributed by atoms with Gasteiger partial charge in [-0.2, -0.15) is 0 Å². The van der Waals surface area contributed by atoms with Crippen molar-refractivity contribution in [3.63, 3.8) is 0 Å². The minimum atomic E-state index is 0.837. The molecule has 2 heteroatoms. The van der Waals surface area contributed by atoms with Crippen LogP contribution in [-0.4, -0.2) is 47.6 Å². The monoisotopic (exact) mass is 276 g/mol. The zero-order valence-corrected chi connectivity index (χ0v) is 13.4. The molecular formula is C18H32N2. The Kier molecular flexibility index (Phi) is 3.58. The second-order valence-electron chi connectivity index (χ2n) is 8.25. The summed E-state index contributed by atoms with van der Waals surface area (Å²) in [4.78, 5) is 5.89. The number of hydrogen-bond acceptors (Lipinski definition) is 2. The van der Waals surface area contributed by atoms with E-state index in [0.717, 1.165) is 35.9 Å². The van der Waals surface area contributed by atoms with Gasteiger partial charge in [0.15, 0.2) is 0 Å². The maximum atomic E-state index is 2.99. The summed E-state index contributed by atoms with van der Waals surface area (Å²) in [6, 6.07) is 2.73. The predicted octanol–water partition coefficient (Wildman–Crippen LogP) is 3.37. The Morgan fingerprint density at radius 3 is 2.45 bits per heavy atom. The molecule has 4 fully saturated rings. The van der Waals surface area contributed by atoms with E-state index in [1.54, 1.807) is 6.42 Å². The van der Waals surface area contributed by atoms with Crippen LogP contribution < -0.4 is 0 Å². The van der Waals surface area contributed by atoms with Crippen molar-refractivity contribution in [2.45, 2.75) is 76.9 Å². The lowest BCUT2D eigenvalue weighted by Crippen LogP contribution is -2.68. The van der Waals surface area contributed by atoms with Gasteiger partial charge in [-0.1, -0.05) is 26.7 Å². The number of hydrogen-bond donors (Lipinski definition) is 0. The summed E-state index contributed by atoms with van der Waals surface area (Å²) in [5.74, 6) is 2.80. The van der Waals surface area contributed by atoms with Crippen molar-refractivity contribution in [2.75, 3.05) is 19.6 Å². The summed E-state index contributed by atoms with van der Waals surface area (Å²) in [6.07, 6.45) is 10.4. The molecule has 0 radical (unpaired) electrons. The molecule has 0 spiro atoms. The Bertz CT molecular complexity index is 351. The average molecular weight is 276 g/mol. The molecular weight excluding hydrogens is 244 g/mol. The van der Waals surface area contributed by atoms with Crippen molar-refractivity contribution in [3.8, 4) is 0 Å². The van der Waals surface area contributed by atoms with E-state index in [1.165, 1.54) is 58.2 Å². The Labute approximate surface area is 124 Å². The van der Waals surface area contributed by atoms with Gasteiger partial charge in [-0.25, -0.2) is 0 Å². The summed E-state index contributed by atoms with van der Waals surface area (Å²) in [5.41, 5.74) is 0. The topological polar surface area (TPSA) is 6.48 Å². The normalized spacial score (nSPS) is 46.0. The SMILES string of the molecule is CC(C)[C@@H]1[C@@H]2C[C@@H](CN3CCCC[C@H]23)[C@@H]2CCCCN12. The highest BCUT2D eigenvalue weighted by atomic mass is 15.3. The van der Waals surface area contributed by atoms with Gasteiger partial charge < -0.3 is 0 Å². The summed E-state index contributed by atoms with van der Waals surface area (Å²) < 4.78 is 0. The van der Waals surface area contributed by atoms with E-state index < -0.39 is 0 Å². The quantitative estimate of drug-likeness (QED) is 0.724. The summed E-state index contributed by atoms with van der Waals surface area (Å²) in [6.45, 7) is 9.19. The Hall–Kier alpha value is -0.0800. The lowest BCUT2D eigenvalue weighted by molar-refractivity contribution is -0.118. The minimum absolute atomic E-state index is 0.837. The van der Waals surface area contributed by atoms with Gasteiger partial charge in [0, 0.05) is 24.7 Å². The molecule has 0 aromatic heterocycles. The number of fused-ring (bicyclic) bond motifs is 6. The van der Waals surface area contributed by atoms with Crippen molar-refractivity contribution in [1.82, 2.24) is 9.80 Å². The summed E-state index contributed by atoms with van der Waals surface area (Å²) in [5, 5.41) is 0. The van der Waals surface area contributed by atoms with Crippen LogP contribution in [0, 0.1) is 17.8 Å². The first-order valence-electron chi connectivity index (χ1n) is 9.25. The van der Waals surface area contributed by atoms with Crippen LogP contribution in [0.1, 0.15) is 58.8 Å². The third-order valence-electron chi connectivity index (χ3n) is 6.84. The Morgan fingerprint density at radius 1 is 0.900 bits per heavy atom. The first-order chi connectivity index (χ1) is 9.75. The highest BCUT2D eigenvalue weighted by Crippen LogP contribution is 2.47. The lowest BCUT2D eigenvalue weighted by Gasteiger charge is -2.61. The van der Waals surface area contributed by atoms with Crippen molar-refractivity contribution in [3.05, 3.63) is 0 Å². The second-order valence-corrected chi connectivity index (χ2v) is 8.25. The molecule has 2 nitrogen and oxygen atoms in total. The molecule has 114 valence electrons. The summed E-state index contributed by atoms with van der Waals surface area (Å²) in [7, 11) is 0. The van der Waals surface area contributed by atoms with Crippen molar-refractivity contribution >= 4 is 0 Å². The summed E-state index contributed by atoms with van der Waals surface area (Å²) >= 11 is 0. The van der Waals surface area contributed by atoms with Gasteiger partial charge in [-0.05, 0) is 62.9 Å². The zero-order chi connectivity index (χ0) is 13.7. The van der Waals surface area contributed by atoms with Crippen LogP contribution in [0.2, 0.25) is 0 Å².